The van der Waals surface area contributed by atoms with Crippen molar-refractivity contribution >= 4 is 17.8 Å². The Balaban J connectivity index is 2.21. The van der Waals surface area contributed by atoms with E-state index < -0.39 is 35.5 Å². The maximum Gasteiger partial charge on any atom is 0.344 e. The highest BCUT2D eigenvalue weighted by atomic mass is 16.2. The highest BCUT2D eigenvalue weighted by Crippen LogP contribution is 2.19. The Labute approximate surface area is 143 Å². The van der Waals surface area contributed by atoms with Crippen LogP contribution in [0.3, 0.4) is 0 Å². The molecule has 2 rings (SSSR count). The third-order valence-electron chi connectivity index (χ3n) is 4.25. The van der Waals surface area contributed by atoms with E-state index in [4.69, 9.17) is 5.26 Å². The molecule has 132 valence electrons. The van der Waals surface area contributed by atoms with Crippen LogP contribution in [-0.4, -0.2) is 38.2 Å². The number of nitrogens with zero attached hydrogens (tertiary/aromatic N) is 4. The Morgan fingerprint density at radius 3 is 2.52 bits per heavy atom. The number of hydrogen-bond donors (Lipinski definition) is 2. The average molecular weight is 346 g/mol. The van der Waals surface area contributed by atoms with E-state index in [1.165, 1.54) is 0 Å². The Morgan fingerprint density at radius 1 is 1.36 bits per heavy atom. The summed E-state index contributed by atoms with van der Waals surface area (Å²) in [4.78, 5) is 48.4. The van der Waals surface area contributed by atoms with E-state index in [0.717, 1.165) is 4.68 Å². The van der Waals surface area contributed by atoms with Crippen LogP contribution in [0.5, 0.6) is 0 Å². The molecule has 1 aromatic heterocycles. The highest BCUT2D eigenvalue weighted by molar-refractivity contribution is 6.07. The van der Waals surface area contributed by atoms with Gasteiger partial charge in [-0.05, 0) is 32.8 Å². The highest BCUT2D eigenvalue weighted by Gasteiger charge is 2.47. The fourth-order valence-corrected chi connectivity index (χ4v) is 2.33. The van der Waals surface area contributed by atoms with Gasteiger partial charge >= 0.3 is 6.03 Å². The first kappa shape index (κ1) is 18.1. The molecule has 1 atom stereocenters. The third-order valence-corrected chi connectivity index (χ3v) is 4.25. The van der Waals surface area contributed by atoms with Gasteiger partial charge in [0.1, 0.15) is 23.7 Å². The number of nitriles is 1. The van der Waals surface area contributed by atoms with Crippen molar-refractivity contribution in [3.05, 3.63) is 27.2 Å². The number of urea groups is 1. The van der Waals surface area contributed by atoms with Crippen molar-refractivity contribution in [2.45, 2.75) is 46.2 Å². The summed E-state index contributed by atoms with van der Waals surface area (Å²) in [5.41, 5.74) is 1.13. The SMILES string of the molecule is CCC1(C)NC(=O)N(NC(=O)Cn2nc(C)c(C)c(C#N)c2=O)C1=O. The quantitative estimate of drug-likeness (QED) is 0.704. The topological polar surface area (TPSA) is 137 Å². The molecule has 1 aromatic rings. The molecule has 1 aliphatic heterocycles. The lowest BCUT2D eigenvalue weighted by Crippen LogP contribution is -2.50. The number of aryl methyl sites for hydroxylation is 1. The fraction of sp³-hybridized carbons (Fsp3) is 0.467. The molecular weight excluding hydrogens is 328 g/mol. The Bertz CT molecular complexity index is 868. The van der Waals surface area contributed by atoms with Gasteiger partial charge in [-0.3, -0.25) is 19.8 Å². The minimum atomic E-state index is -1.09. The first-order chi connectivity index (χ1) is 11.6. The van der Waals surface area contributed by atoms with Crippen LogP contribution >= 0.6 is 0 Å². The van der Waals surface area contributed by atoms with Gasteiger partial charge in [-0.15, -0.1) is 0 Å². The molecule has 1 unspecified atom stereocenters. The second-order valence-corrected chi connectivity index (χ2v) is 5.95. The molecule has 25 heavy (non-hydrogen) atoms. The normalized spacial score (nSPS) is 19.6. The minimum Gasteiger partial charge on any atom is -0.322 e. The Morgan fingerprint density at radius 2 is 2.00 bits per heavy atom. The molecule has 0 spiro atoms. The second-order valence-electron chi connectivity index (χ2n) is 5.95. The van der Waals surface area contributed by atoms with Crippen LogP contribution in [0.25, 0.3) is 0 Å². The first-order valence-corrected chi connectivity index (χ1v) is 7.59. The second kappa shape index (κ2) is 6.35. The van der Waals surface area contributed by atoms with E-state index in [-0.39, 0.29) is 5.56 Å². The predicted octanol–water partition coefficient (Wildman–Crippen LogP) is -0.516. The number of amides is 4. The molecule has 0 bridgehead atoms. The molecule has 1 fully saturated rings. The van der Waals surface area contributed by atoms with Gasteiger partial charge < -0.3 is 5.32 Å². The molecule has 0 radical (unpaired) electrons. The number of carbonyl (C=O) groups is 3. The van der Waals surface area contributed by atoms with Gasteiger partial charge in [-0.2, -0.15) is 15.4 Å². The average Bonchev–Trinajstić information content (AvgIpc) is 2.77. The maximum atomic E-state index is 12.2. The van der Waals surface area contributed by atoms with E-state index in [9.17, 15) is 19.2 Å². The molecular formula is C15H18N6O4. The monoisotopic (exact) mass is 346 g/mol. The van der Waals surface area contributed by atoms with Gasteiger partial charge in [-0.1, -0.05) is 6.92 Å². The van der Waals surface area contributed by atoms with Crippen LogP contribution in [0.2, 0.25) is 0 Å². The van der Waals surface area contributed by atoms with Crippen LogP contribution in [0.4, 0.5) is 4.79 Å². The molecule has 1 aliphatic rings. The molecule has 2 heterocycles. The third kappa shape index (κ3) is 3.08. The van der Waals surface area contributed by atoms with Crippen molar-refractivity contribution in [1.29, 1.82) is 5.26 Å². The number of imide groups is 1. The number of aromatic nitrogens is 2. The fourth-order valence-electron chi connectivity index (χ4n) is 2.33. The number of rotatable bonds is 4. The summed E-state index contributed by atoms with van der Waals surface area (Å²) >= 11 is 0. The lowest BCUT2D eigenvalue weighted by molar-refractivity contribution is -0.139. The van der Waals surface area contributed by atoms with Crippen LogP contribution < -0.4 is 16.3 Å². The summed E-state index contributed by atoms with van der Waals surface area (Å²) in [5.74, 6) is -1.38. The van der Waals surface area contributed by atoms with E-state index in [0.29, 0.717) is 22.7 Å². The Hall–Kier alpha value is -3.22. The molecule has 0 aromatic carbocycles. The molecule has 2 N–H and O–H groups in total. The lowest BCUT2D eigenvalue weighted by Gasteiger charge is -2.19. The van der Waals surface area contributed by atoms with Crippen LogP contribution in [-0.2, 0) is 16.1 Å². The molecule has 4 amide bonds. The standard InChI is InChI=1S/C15H18N6O4/c1-5-15(4)13(24)21(14(25)17-15)19-11(22)7-20-12(23)10(6-16)8(2)9(3)18-20/h5,7H2,1-4H3,(H,17,25)(H,19,22). The van der Waals surface area contributed by atoms with Crippen molar-refractivity contribution in [3.63, 3.8) is 0 Å². The summed E-state index contributed by atoms with van der Waals surface area (Å²) in [6.07, 6.45) is 0.355. The molecule has 0 saturated carbocycles. The summed E-state index contributed by atoms with van der Waals surface area (Å²) < 4.78 is 0.827. The van der Waals surface area contributed by atoms with Gasteiger partial charge in [0.15, 0.2) is 0 Å². The lowest BCUT2D eigenvalue weighted by atomic mass is 10.00. The summed E-state index contributed by atoms with van der Waals surface area (Å²) in [7, 11) is 0. The van der Waals surface area contributed by atoms with E-state index in [1.54, 1.807) is 33.8 Å². The van der Waals surface area contributed by atoms with Gasteiger partial charge in [0.2, 0.25) is 0 Å². The number of carbonyl (C=O) groups excluding carboxylic acids is 3. The number of nitrogens with one attached hydrogen (secondary N) is 2. The van der Waals surface area contributed by atoms with Crippen molar-refractivity contribution < 1.29 is 14.4 Å². The van der Waals surface area contributed by atoms with Crippen molar-refractivity contribution in [3.8, 4) is 6.07 Å². The van der Waals surface area contributed by atoms with Gasteiger partial charge in [-0.25, -0.2) is 9.48 Å². The molecule has 10 heteroatoms. The zero-order valence-electron chi connectivity index (χ0n) is 14.3. The predicted molar refractivity (Wildman–Crippen MR) is 84.9 cm³/mol. The number of hydrazine groups is 1. The zero-order valence-corrected chi connectivity index (χ0v) is 14.3. The minimum absolute atomic E-state index is 0.103. The van der Waals surface area contributed by atoms with Gasteiger partial charge in [0, 0.05) is 0 Å². The van der Waals surface area contributed by atoms with Crippen molar-refractivity contribution in [2.24, 2.45) is 0 Å². The summed E-state index contributed by atoms with van der Waals surface area (Å²) in [6.45, 7) is 5.94. The Kier molecular flexibility index (Phi) is 4.60. The van der Waals surface area contributed by atoms with Crippen LogP contribution in [0, 0.1) is 25.2 Å². The van der Waals surface area contributed by atoms with Gasteiger partial charge in [0.05, 0.1) is 5.69 Å². The van der Waals surface area contributed by atoms with E-state index >= 15 is 0 Å². The zero-order chi connectivity index (χ0) is 18.9. The maximum absolute atomic E-state index is 12.2. The van der Waals surface area contributed by atoms with Crippen LogP contribution in [0.15, 0.2) is 4.79 Å². The summed E-state index contributed by atoms with van der Waals surface area (Å²) in [6, 6.07) is 1.04. The molecule has 0 aliphatic carbocycles. The van der Waals surface area contributed by atoms with Crippen LogP contribution in [0.1, 0.15) is 37.1 Å². The van der Waals surface area contributed by atoms with Crippen molar-refractivity contribution in [2.75, 3.05) is 0 Å². The van der Waals surface area contributed by atoms with E-state index in [2.05, 4.69) is 15.8 Å². The van der Waals surface area contributed by atoms with E-state index in [1.807, 2.05) is 0 Å². The smallest absolute Gasteiger partial charge is 0.322 e. The summed E-state index contributed by atoms with van der Waals surface area (Å²) in [5, 5.41) is 16.1. The first-order valence-electron chi connectivity index (χ1n) is 7.59. The molecule has 1 saturated heterocycles. The van der Waals surface area contributed by atoms with Gasteiger partial charge in [0.25, 0.3) is 17.4 Å². The van der Waals surface area contributed by atoms with Crippen molar-refractivity contribution in [1.82, 2.24) is 25.5 Å². The molecule has 10 nitrogen and oxygen atoms in total. The largest absolute Gasteiger partial charge is 0.344 e. The number of hydrogen-bond acceptors (Lipinski definition) is 6.